The van der Waals surface area contributed by atoms with Gasteiger partial charge in [0, 0.05) is 37.1 Å². The number of ether oxygens (including phenoxy) is 1. The molecule has 0 spiro atoms. The van der Waals surface area contributed by atoms with Crippen molar-refractivity contribution in [1.82, 2.24) is 14.5 Å². The van der Waals surface area contributed by atoms with Crippen LogP contribution in [0.25, 0.3) is 11.0 Å². The molecule has 138 valence electrons. The molecule has 26 heavy (non-hydrogen) atoms. The molecule has 0 saturated heterocycles. The highest BCUT2D eigenvalue weighted by molar-refractivity contribution is 5.86. The van der Waals surface area contributed by atoms with Gasteiger partial charge in [-0.25, -0.2) is 8.78 Å². The Hall–Kier alpha value is -2.47. The average molecular weight is 359 g/mol. The Labute approximate surface area is 152 Å². The summed E-state index contributed by atoms with van der Waals surface area (Å²) in [6.07, 6.45) is 1.70. The summed E-state index contributed by atoms with van der Waals surface area (Å²) in [5.41, 5.74) is 4.51. The number of hydrogen-bond acceptors (Lipinski definition) is 3. The van der Waals surface area contributed by atoms with Gasteiger partial charge in [-0.05, 0) is 51.2 Å². The topological polar surface area (TPSA) is 30.3 Å². The van der Waals surface area contributed by atoms with Gasteiger partial charge in [-0.3, -0.25) is 4.98 Å². The molecule has 1 aromatic carbocycles. The van der Waals surface area contributed by atoms with Crippen LogP contribution in [0.2, 0.25) is 0 Å². The van der Waals surface area contributed by atoms with Gasteiger partial charge >= 0.3 is 0 Å². The van der Waals surface area contributed by atoms with E-state index in [-0.39, 0.29) is 6.61 Å². The van der Waals surface area contributed by atoms with Crippen LogP contribution in [-0.2, 0) is 13.2 Å². The van der Waals surface area contributed by atoms with Gasteiger partial charge in [-0.2, -0.15) is 0 Å². The lowest BCUT2D eigenvalue weighted by molar-refractivity contribution is 0.306. The third-order valence-corrected chi connectivity index (χ3v) is 4.55. The third-order valence-electron chi connectivity index (χ3n) is 4.55. The molecule has 3 aromatic rings. The second-order valence-electron chi connectivity index (χ2n) is 6.74. The van der Waals surface area contributed by atoms with E-state index >= 15 is 0 Å². The van der Waals surface area contributed by atoms with E-state index in [9.17, 15) is 8.78 Å². The molecule has 0 aliphatic carbocycles. The molecule has 0 bridgehead atoms. The number of benzene rings is 1. The standard InChI is InChI=1S/C20H23F2N3O/c1-13-14(2)25(8-7-24(3)4)20-18(5-6-23-19(13)20)26-12-15-9-16(21)11-17(22)10-15/h5-6,9-11H,7-8,12H2,1-4H3. The van der Waals surface area contributed by atoms with E-state index in [1.54, 1.807) is 12.3 Å². The van der Waals surface area contributed by atoms with Crippen LogP contribution in [0.1, 0.15) is 16.8 Å². The van der Waals surface area contributed by atoms with Crippen molar-refractivity contribution in [3.63, 3.8) is 0 Å². The number of rotatable bonds is 6. The van der Waals surface area contributed by atoms with Crippen LogP contribution in [0.3, 0.4) is 0 Å². The summed E-state index contributed by atoms with van der Waals surface area (Å²) in [5.74, 6) is -0.552. The number of aromatic nitrogens is 2. The maximum absolute atomic E-state index is 13.4. The van der Waals surface area contributed by atoms with E-state index in [1.165, 1.54) is 12.1 Å². The largest absolute Gasteiger partial charge is 0.487 e. The second-order valence-corrected chi connectivity index (χ2v) is 6.74. The summed E-state index contributed by atoms with van der Waals surface area (Å²) < 4.78 is 34.9. The van der Waals surface area contributed by atoms with Gasteiger partial charge in [0.25, 0.3) is 0 Å². The summed E-state index contributed by atoms with van der Waals surface area (Å²) in [5, 5.41) is 0. The van der Waals surface area contributed by atoms with Crippen molar-refractivity contribution in [2.45, 2.75) is 27.0 Å². The van der Waals surface area contributed by atoms with Crippen molar-refractivity contribution in [2.75, 3.05) is 20.6 Å². The van der Waals surface area contributed by atoms with Gasteiger partial charge in [-0.15, -0.1) is 0 Å². The molecule has 2 heterocycles. The van der Waals surface area contributed by atoms with Crippen LogP contribution in [0.5, 0.6) is 5.75 Å². The Kier molecular flexibility index (Phi) is 5.23. The molecule has 2 aromatic heterocycles. The summed E-state index contributed by atoms with van der Waals surface area (Å²) in [6.45, 7) is 5.89. The van der Waals surface area contributed by atoms with Crippen LogP contribution in [0.4, 0.5) is 8.78 Å². The van der Waals surface area contributed by atoms with Gasteiger partial charge in [-0.1, -0.05) is 0 Å². The summed E-state index contributed by atoms with van der Waals surface area (Å²) in [6, 6.07) is 5.21. The number of fused-ring (bicyclic) bond motifs is 1. The normalized spacial score (nSPS) is 11.5. The van der Waals surface area contributed by atoms with Crippen molar-refractivity contribution in [1.29, 1.82) is 0 Å². The Morgan fingerprint density at radius 2 is 1.81 bits per heavy atom. The van der Waals surface area contributed by atoms with E-state index in [4.69, 9.17) is 4.74 Å². The SMILES string of the molecule is Cc1c(C)n(CCN(C)C)c2c(OCc3cc(F)cc(F)c3)ccnc12. The first-order valence-electron chi connectivity index (χ1n) is 8.53. The molecule has 0 radical (unpaired) electrons. The van der Waals surface area contributed by atoms with Crippen LogP contribution in [-0.4, -0.2) is 35.1 Å². The van der Waals surface area contributed by atoms with E-state index in [0.717, 1.165) is 41.4 Å². The monoisotopic (exact) mass is 359 g/mol. The number of nitrogens with zero attached hydrogens (tertiary/aromatic N) is 3. The van der Waals surface area contributed by atoms with Gasteiger partial charge in [0.1, 0.15) is 29.5 Å². The highest BCUT2D eigenvalue weighted by Gasteiger charge is 2.16. The Morgan fingerprint density at radius 3 is 2.46 bits per heavy atom. The molecular weight excluding hydrogens is 336 g/mol. The zero-order valence-electron chi connectivity index (χ0n) is 15.5. The lowest BCUT2D eigenvalue weighted by Gasteiger charge is -2.15. The van der Waals surface area contributed by atoms with Gasteiger partial charge in [0.2, 0.25) is 0 Å². The van der Waals surface area contributed by atoms with Crippen molar-refractivity contribution in [3.05, 3.63) is 58.9 Å². The Balaban J connectivity index is 1.96. The molecule has 0 saturated carbocycles. The molecule has 0 N–H and O–H groups in total. The lowest BCUT2D eigenvalue weighted by atomic mass is 10.2. The number of hydrogen-bond donors (Lipinski definition) is 0. The molecule has 0 aliphatic rings. The summed E-state index contributed by atoms with van der Waals surface area (Å²) in [4.78, 5) is 6.62. The maximum atomic E-state index is 13.4. The fourth-order valence-corrected chi connectivity index (χ4v) is 3.06. The fourth-order valence-electron chi connectivity index (χ4n) is 3.06. The van der Waals surface area contributed by atoms with Crippen LogP contribution >= 0.6 is 0 Å². The minimum atomic E-state index is -0.607. The predicted molar refractivity (Wildman–Crippen MR) is 98.5 cm³/mol. The zero-order valence-corrected chi connectivity index (χ0v) is 15.5. The average Bonchev–Trinajstić information content (AvgIpc) is 2.82. The molecule has 3 rings (SSSR count). The number of aryl methyl sites for hydroxylation is 1. The number of pyridine rings is 1. The number of likely N-dealkylation sites (N-methyl/N-ethyl adjacent to an activating group) is 1. The second kappa shape index (κ2) is 7.41. The molecule has 0 unspecified atom stereocenters. The smallest absolute Gasteiger partial charge is 0.147 e. The van der Waals surface area contributed by atoms with E-state index < -0.39 is 11.6 Å². The highest BCUT2D eigenvalue weighted by atomic mass is 19.1. The summed E-state index contributed by atoms with van der Waals surface area (Å²) >= 11 is 0. The van der Waals surface area contributed by atoms with Crippen molar-refractivity contribution in [3.8, 4) is 5.75 Å². The highest BCUT2D eigenvalue weighted by Crippen LogP contribution is 2.31. The van der Waals surface area contributed by atoms with E-state index in [0.29, 0.717) is 11.3 Å². The minimum Gasteiger partial charge on any atom is -0.487 e. The quantitative estimate of drug-likeness (QED) is 0.665. The molecule has 4 nitrogen and oxygen atoms in total. The van der Waals surface area contributed by atoms with Gasteiger partial charge < -0.3 is 14.2 Å². The van der Waals surface area contributed by atoms with Crippen LogP contribution in [0.15, 0.2) is 30.5 Å². The van der Waals surface area contributed by atoms with E-state index in [1.807, 2.05) is 21.0 Å². The first-order chi connectivity index (χ1) is 12.4. The Bertz CT molecular complexity index is 914. The lowest BCUT2D eigenvalue weighted by Crippen LogP contribution is -2.19. The van der Waals surface area contributed by atoms with Crippen molar-refractivity contribution in [2.24, 2.45) is 0 Å². The minimum absolute atomic E-state index is 0.0880. The first kappa shape index (κ1) is 18.3. The molecule has 0 aliphatic heterocycles. The molecule has 0 fully saturated rings. The summed E-state index contributed by atoms with van der Waals surface area (Å²) in [7, 11) is 4.06. The molecular formula is C20H23F2N3O. The number of halogens is 2. The van der Waals surface area contributed by atoms with Crippen molar-refractivity contribution >= 4 is 11.0 Å². The van der Waals surface area contributed by atoms with E-state index in [2.05, 4.69) is 21.4 Å². The maximum Gasteiger partial charge on any atom is 0.147 e. The molecule has 0 atom stereocenters. The van der Waals surface area contributed by atoms with Crippen LogP contribution < -0.4 is 4.74 Å². The van der Waals surface area contributed by atoms with Crippen LogP contribution in [0, 0.1) is 25.5 Å². The Morgan fingerprint density at radius 1 is 1.12 bits per heavy atom. The zero-order chi connectivity index (χ0) is 18.8. The first-order valence-corrected chi connectivity index (χ1v) is 8.53. The van der Waals surface area contributed by atoms with Crippen molar-refractivity contribution < 1.29 is 13.5 Å². The third kappa shape index (κ3) is 3.70. The van der Waals surface area contributed by atoms with Gasteiger partial charge in [0.15, 0.2) is 0 Å². The molecule has 6 heteroatoms. The fraction of sp³-hybridized carbons (Fsp3) is 0.350. The van der Waals surface area contributed by atoms with Gasteiger partial charge in [0.05, 0.1) is 5.52 Å². The molecule has 0 amide bonds. The predicted octanol–water partition coefficient (Wildman–Crippen LogP) is 4.07.